The van der Waals surface area contributed by atoms with Crippen molar-refractivity contribution in [3.05, 3.63) is 95.8 Å². The molecule has 0 atom stereocenters. The first-order chi connectivity index (χ1) is 18.9. The van der Waals surface area contributed by atoms with E-state index in [0.717, 1.165) is 27.6 Å². The number of nitrogens with zero attached hydrogens (tertiary/aromatic N) is 1. The highest BCUT2D eigenvalue weighted by molar-refractivity contribution is 7.01. The number of benzene rings is 4. The van der Waals surface area contributed by atoms with Gasteiger partial charge < -0.3 is 4.42 Å². The van der Waals surface area contributed by atoms with E-state index in [0.29, 0.717) is 5.58 Å². The van der Waals surface area contributed by atoms with E-state index < -0.39 is 16.1 Å². The third-order valence-electron chi connectivity index (χ3n) is 8.83. The number of fused-ring (bicyclic) bond motifs is 4. The van der Waals surface area contributed by atoms with Crippen LogP contribution >= 0.6 is 0 Å². The highest BCUT2D eigenvalue weighted by atomic mass is 28.3. The molecule has 0 N–H and O–H groups in total. The lowest BCUT2D eigenvalue weighted by Crippen LogP contribution is -2.55. The first-order valence-electron chi connectivity index (χ1n) is 14.0. The molecule has 6 aromatic rings. The molecule has 0 saturated heterocycles. The zero-order chi connectivity index (χ0) is 28.6. The zero-order valence-corrected chi connectivity index (χ0v) is 26.7. The highest BCUT2D eigenvalue weighted by Gasteiger charge is 2.34. The molecular weight excluding hydrogens is 526 g/mol. The number of furan rings is 1. The predicted octanol–water partition coefficient (Wildman–Crippen LogP) is 7.35. The quantitative estimate of drug-likeness (QED) is 0.162. The summed E-state index contributed by atoms with van der Waals surface area (Å²) < 4.78 is 23.0. The standard InChI is InChI=1S/C35H37FNOSi2/c1-22-18-28-27-16-14-24(36)19-32(27)38-35(28)34(23(22)2)31-21-33(40(7,8)25-12-10-9-11-13-25)29-20-26(39(4,5)6)15-17-30(29)37(31)3/h9-21H,1-8H3/q+1. The fourth-order valence-corrected chi connectivity index (χ4v) is 10.0. The molecule has 0 fully saturated rings. The van der Waals surface area contributed by atoms with Crippen molar-refractivity contribution in [3.63, 3.8) is 0 Å². The van der Waals surface area contributed by atoms with Crippen LogP contribution in [0.1, 0.15) is 11.1 Å². The lowest BCUT2D eigenvalue weighted by Gasteiger charge is -2.26. The van der Waals surface area contributed by atoms with Gasteiger partial charge in [0.2, 0.25) is 11.2 Å². The van der Waals surface area contributed by atoms with Gasteiger partial charge in [0.25, 0.3) is 0 Å². The van der Waals surface area contributed by atoms with Gasteiger partial charge in [-0.2, -0.15) is 4.57 Å². The molecule has 6 rings (SSSR count). The Kier molecular flexibility index (Phi) is 6.17. The van der Waals surface area contributed by atoms with E-state index in [2.05, 4.69) is 119 Å². The van der Waals surface area contributed by atoms with Crippen molar-refractivity contribution >= 4 is 64.5 Å². The summed E-state index contributed by atoms with van der Waals surface area (Å²) in [5.41, 5.74) is 7.24. The van der Waals surface area contributed by atoms with Crippen LogP contribution in [0, 0.1) is 19.7 Å². The Morgan fingerprint density at radius 2 is 1.45 bits per heavy atom. The second kappa shape index (κ2) is 9.25. The van der Waals surface area contributed by atoms with Crippen LogP contribution in [0.15, 0.2) is 83.3 Å². The third-order valence-corrected chi connectivity index (χ3v) is 14.4. The Hall–Kier alpha value is -3.55. The minimum atomic E-state index is -2.11. The van der Waals surface area contributed by atoms with Gasteiger partial charge in [0.05, 0.1) is 13.6 Å². The lowest BCUT2D eigenvalue weighted by atomic mass is 9.96. The molecule has 0 saturated carbocycles. The summed E-state index contributed by atoms with van der Waals surface area (Å²) in [6.45, 7) is 16.5. The van der Waals surface area contributed by atoms with Gasteiger partial charge in [0.15, 0.2) is 0 Å². The molecule has 0 unspecified atom stereocenters. The van der Waals surface area contributed by atoms with Crippen LogP contribution in [0.25, 0.3) is 44.1 Å². The van der Waals surface area contributed by atoms with Crippen molar-refractivity contribution in [2.75, 3.05) is 0 Å². The van der Waals surface area contributed by atoms with Crippen molar-refractivity contribution in [2.45, 2.75) is 46.6 Å². The Labute approximate surface area is 238 Å². The van der Waals surface area contributed by atoms with Crippen LogP contribution in [-0.4, -0.2) is 16.1 Å². The molecule has 0 aliphatic carbocycles. The number of aromatic nitrogens is 1. The topological polar surface area (TPSA) is 17.0 Å². The molecule has 0 amide bonds. The van der Waals surface area contributed by atoms with Crippen molar-refractivity contribution in [2.24, 2.45) is 7.05 Å². The first kappa shape index (κ1) is 26.7. The van der Waals surface area contributed by atoms with Crippen molar-refractivity contribution in [1.82, 2.24) is 0 Å². The SMILES string of the molecule is Cc1cc2c(oc3cc(F)ccc32)c(-c2cc([Si](C)(C)c3ccccc3)c3cc([Si](C)(C)C)ccc3[n+]2C)c1C. The summed E-state index contributed by atoms with van der Waals surface area (Å²) in [7, 11) is -1.46. The Morgan fingerprint density at radius 3 is 2.15 bits per heavy atom. The maximum Gasteiger partial charge on any atom is 0.216 e. The van der Waals surface area contributed by atoms with E-state index in [1.165, 1.54) is 49.7 Å². The molecule has 2 heterocycles. The third kappa shape index (κ3) is 4.14. The van der Waals surface area contributed by atoms with Gasteiger partial charge in [0.1, 0.15) is 32.1 Å². The summed E-state index contributed by atoms with van der Waals surface area (Å²) in [6.07, 6.45) is 0. The minimum absolute atomic E-state index is 0.283. The predicted molar refractivity (Wildman–Crippen MR) is 173 cm³/mol. The molecule has 40 heavy (non-hydrogen) atoms. The Morgan fingerprint density at radius 1 is 0.725 bits per heavy atom. The number of rotatable bonds is 4. The van der Waals surface area contributed by atoms with Crippen LogP contribution in [0.4, 0.5) is 4.39 Å². The Bertz CT molecular complexity index is 1950. The molecule has 0 spiro atoms. The van der Waals surface area contributed by atoms with Gasteiger partial charge >= 0.3 is 0 Å². The molecule has 0 aliphatic heterocycles. The maximum absolute atomic E-state index is 14.2. The zero-order valence-electron chi connectivity index (χ0n) is 24.7. The van der Waals surface area contributed by atoms with Gasteiger partial charge in [-0.25, -0.2) is 4.39 Å². The fraction of sp³-hybridized carbons (Fsp3) is 0.229. The summed E-state index contributed by atoms with van der Waals surface area (Å²) in [5.74, 6) is -0.283. The van der Waals surface area contributed by atoms with E-state index in [4.69, 9.17) is 4.42 Å². The maximum atomic E-state index is 14.2. The average Bonchev–Trinajstić information content (AvgIpc) is 3.26. The normalized spacial score (nSPS) is 12.6. The summed E-state index contributed by atoms with van der Waals surface area (Å²) >= 11 is 0. The van der Waals surface area contributed by atoms with Gasteiger partial charge in [-0.15, -0.1) is 0 Å². The van der Waals surface area contributed by atoms with E-state index in [1.54, 1.807) is 0 Å². The van der Waals surface area contributed by atoms with Crippen LogP contribution in [-0.2, 0) is 7.05 Å². The van der Waals surface area contributed by atoms with Gasteiger partial charge in [0, 0.05) is 34.4 Å². The number of hydrogen-bond donors (Lipinski definition) is 0. The minimum Gasteiger partial charge on any atom is -0.455 e. The molecular formula is C35H37FNOSi2+. The average molecular weight is 563 g/mol. The molecule has 0 bridgehead atoms. The van der Waals surface area contributed by atoms with Crippen molar-refractivity contribution < 1.29 is 13.4 Å². The van der Waals surface area contributed by atoms with Crippen LogP contribution in [0.3, 0.4) is 0 Å². The molecule has 202 valence electrons. The smallest absolute Gasteiger partial charge is 0.216 e. The van der Waals surface area contributed by atoms with Gasteiger partial charge in [-0.05, 0) is 54.4 Å². The number of pyridine rings is 1. The van der Waals surface area contributed by atoms with Crippen molar-refractivity contribution in [1.29, 1.82) is 0 Å². The second-order valence-electron chi connectivity index (χ2n) is 12.8. The molecule has 2 nitrogen and oxygen atoms in total. The summed E-state index contributed by atoms with van der Waals surface area (Å²) in [6, 6.07) is 27.6. The lowest BCUT2D eigenvalue weighted by molar-refractivity contribution is -0.633. The molecule has 4 aromatic carbocycles. The number of halogens is 1. The molecule has 0 aliphatic rings. The second-order valence-corrected chi connectivity index (χ2v) is 22.2. The number of aryl methyl sites for hydroxylation is 2. The molecule has 5 heteroatoms. The largest absolute Gasteiger partial charge is 0.455 e. The Balaban J connectivity index is 1.76. The molecule has 2 aromatic heterocycles. The van der Waals surface area contributed by atoms with E-state index in [-0.39, 0.29) is 5.82 Å². The fourth-order valence-electron chi connectivity index (χ4n) is 6.14. The van der Waals surface area contributed by atoms with Crippen LogP contribution in [0.2, 0.25) is 32.7 Å². The highest BCUT2D eigenvalue weighted by Crippen LogP contribution is 2.39. The monoisotopic (exact) mass is 562 g/mol. The van der Waals surface area contributed by atoms with E-state index in [9.17, 15) is 4.39 Å². The van der Waals surface area contributed by atoms with Crippen LogP contribution in [0.5, 0.6) is 0 Å². The van der Waals surface area contributed by atoms with Crippen LogP contribution < -0.4 is 20.1 Å². The van der Waals surface area contributed by atoms with Gasteiger partial charge in [-0.1, -0.05) is 79.5 Å². The summed E-state index contributed by atoms with van der Waals surface area (Å²) in [4.78, 5) is 0. The van der Waals surface area contributed by atoms with E-state index in [1.807, 2.05) is 6.07 Å². The molecule has 0 radical (unpaired) electrons. The van der Waals surface area contributed by atoms with E-state index >= 15 is 0 Å². The number of hydrogen-bond acceptors (Lipinski definition) is 1. The first-order valence-corrected chi connectivity index (χ1v) is 20.5. The summed E-state index contributed by atoms with van der Waals surface area (Å²) in [5, 5.41) is 7.64. The van der Waals surface area contributed by atoms with Gasteiger partial charge in [-0.3, -0.25) is 0 Å². The van der Waals surface area contributed by atoms with Crippen molar-refractivity contribution in [3.8, 4) is 11.3 Å².